The predicted molar refractivity (Wildman–Crippen MR) is 154 cm³/mol. The lowest BCUT2D eigenvalue weighted by atomic mass is 9.96. The van der Waals surface area contributed by atoms with Crippen molar-refractivity contribution in [2.24, 2.45) is 0 Å². The lowest BCUT2D eigenvalue weighted by molar-refractivity contribution is 0.587. The largest absolute Gasteiger partial charge is 0.266 e. The van der Waals surface area contributed by atoms with Gasteiger partial charge < -0.3 is 0 Å². The van der Waals surface area contributed by atoms with Crippen molar-refractivity contribution in [2.75, 3.05) is 16.3 Å². The third kappa shape index (κ3) is 5.76. The van der Waals surface area contributed by atoms with Gasteiger partial charge in [-0.1, -0.05) is 37.6 Å². The number of sulfonamides is 1. The maximum atomic E-state index is 13.4. The molecule has 0 saturated heterocycles. The van der Waals surface area contributed by atoms with Gasteiger partial charge in [0.25, 0.3) is 0 Å². The third-order valence-corrected chi connectivity index (χ3v) is 9.93. The Morgan fingerprint density at radius 1 is 0.921 bits per heavy atom. The van der Waals surface area contributed by atoms with Crippen molar-refractivity contribution in [3.63, 3.8) is 0 Å². The van der Waals surface area contributed by atoms with E-state index in [1.54, 1.807) is 18.3 Å². The van der Waals surface area contributed by atoms with Gasteiger partial charge in [0, 0.05) is 23.4 Å². The maximum Gasteiger partial charge on any atom is 0.235 e. The average molecular weight is 549 g/mol. The molecule has 0 N–H and O–H groups in total. The monoisotopic (exact) mass is 548 g/mol. The van der Waals surface area contributed by atoms with Crippen LogP contribution in [0.3, 0.4) is 0 Å². The minimum absolute atomic E-state index is 0.0228. The number of rotatable bonds is 10. The zero-order valence-corrected chi connectivity index (χ0v) is 23.3. The van der Waals surface area contributed by atoms with Gasteiger partial charge in [-0.05, 0) is 90.4 Å². The highest BCUT2D eigenvalue weighted by Gasteiger charge is 2.26. The summed E-state index contributed by atoms with van der Waals surface area (Å²) in [5, 5.41) is 1.10. The minimum atomic E-state index is -3.63. The Hall–Kier alpha value is -3.23. The number of benzene rings is 3. The van der Waals surface area contributed by atoms with Crippen LogP contribution in [-0.4, -0.2) is 33.8 Å². The summed E-state index contributed by atoms with van der Waals surface area (Å²) in [6, 6.07) is 22.5. The lowest BCUT2D eigenvalue weighted by Gasteiger charge is -2.25. The smallest absolute Gasteiger partial charge is 0.235 e. The van der Waals surface area contributed by atoms with Crippen LogP contribution in [-0.2, 0) is 26.4 Å². The van der Waals surface area contributed by atoms with E-state index >= 15 is 0 Å². The van der Waals surface area contributed by atoms with E-state index in [1.807, 2.05) is 37.3 Å². The number of fused-ring (bicyclic) bond motifs is 1. The quantitative estimate of drug-likeness (QED) is 0.232. The van der Waals surface area contributed by atoms with Crippen LogP contribution in [0.15, 0.2) is 83.9 Å². The van der Waals surface area contributed by atoms with E-state index in [1.165, 1.54) is 34.8 Å². The summed E-state index contributed by atoms with van der Waals surface area (Å²) in [6.07, 6.45) is 6.65. The molecule has 0 amide bonds. The maximum absolute atomic E-state index is 13.4. The molecule has 0 aliphatic heterocycles. The van der Waals surface area contributed by atoms with Gasteiger partial charge in [0.1, 0.15) is 0 Å². The SMILES string of the molecule is CCCCS(=O)(=O)N(Cc1cccc(-c2cc(C3CC3)cc3cccnc23)c1)c1ccc(S(C)(=O)=O)cc1. The number of nitrogens with zero attached hydrogens (tertiary/aromatic N) is 2. The molecule has 4 aromatic rings. The third-order valence-electron chi connectivity index (χ3n) is 6.98. The highest BCUT2D eigenvalue weighted by Crippen LogP contribution is 2.43. The molecule has 0 bridgehead atoms. The first-order valence-corrected chi connectivity index (χ1v) is 16.4. The summed E-state index contributed by atoms with van der Waals surface area (Å²) < 4.78 is 52.1. The molecule has 1 aliphatic carbocycles. The Morgan fingerprint density at radius 2 is 1.68 bits per heavy atom. The standard InChI is InChI=1S/C30H32N2O4S2/c1-3-4-17-38(35,36)32(27-12-14-28(15-13-27)37(2,33)34)21-22-7-5-8-24(18-22)29-20-26(23-10-11-23)19-25-9-6-16-31-30(25)29/h5-9,12-16,18-20,23H,3-4,10-11,17,21H2,1-2H3. The molecule has 1 aliphatic rings. The van der Waals surface area contributed by atoms with Gasteiger partial charge in [0.15, 0.2) is 9.84 Å². The fourth-order valence-corrected chi connectivity index (χ4v) is 7.03. The highest BCUT2D eigenvalue weighted by molar-refractivity contribution is 7.92. The predicted octanol–water partition coefficient (Wildman–Crippen LogP) is 6.32. The molecule has 0 atom stereocenters. The molecule has 6 nitrogen and oxygen atoms in total. The second kappa shape index (κ2) is 10.5. The fraction of sp³-hybridized carbons (Fsp3) is 0.300. The van der Waals surface area contributed by atoms with Crippen molar-refractivity contribution in [1.82, 2.24) is 4.98 Å². The summed E-state index contributed by atoms with van der Waals surface area (Å²) in [4.78, 5) is 4.82. The second-order valence-electron chi connectivity index (χ2n) is 10.1. The molecule has 8 heteroatoms. The number of aromatic nitrogens is 1. The van der Waals surface area contributed by atoms with Crippen molar-refractivity contribution in [3.05, 3.63) is 90.1 Å². The first-order valence-electron chi connectivity index (χ1n) is 12.9. The van der Waals surface area contributed by atoms with Crippen molar-refractivity contribution >= 4 is 36.5 Å². The molecule has 1 saturated carbocycles. The van der Waals surface area contributed by atoms with E-state index in [9.17, 15) is 16.8 Å². The van der Waals surface area contributed by atoms with E-state index in [4.69, 9.17) is 0 Å². The van der Waals surface area contributed by atoms with E-state index in [0.29, 0.717) is 18.0 Å². The number of unbranched alkanes of at least 4 members (excludes halogenated alkanes) is 1. The number of pyridine rings is 1. The minimum Gasteiger partial charge on any atom is -0.266 e. The number of anilines is 1. The molecule has 38 heavy (non-hydrogen) atoms. The second-order valence-corrected chi connectivity index (χ2v) is 14.1. The zero-order chi connectivity index (χ0) is 26.9. The Labute approximate surface area is 225 Å². The molecule has 0 unspecified atom stereocenters. The highest BCUT2D eigenvalue weighted by atomic mass is 32.2. The molecular weight excluding hydrogens is 516 g/mol. The number of sulfone groups is 1. The van der Waals surface area contributed by atoms with E-state index in [-0.39, 0.29) is 17.2 Å². The number of hydrogen-bond donors (Lipinski definition) is 0. The molecule has 198 valence electrons. The normalized spacial score (nSPS) is 14.1. The Morgan fingerprint density at radius 3 is 2.37 bits per heavy atom. The molecular formula is C30H32N2O4S2. The van der Waals surface area contributed by atoms with Crippen molar-refractivity contribution in [3.8, 4) is 11.1 Å². The van der Waals surface area contributed by atoms with Gasteiger partial charge in [-0.25, -0.2) is 16.8 Å². The molecule has 1 aromatic heterocycles. The van der Waals surface area contributed by atoms with E-state index < -0.39 is 19.9 Å². The van der Waals surface area contributed by atoms with Crippen molar-refractivity contribution < 1.29 is 16.8 Å². The van der Waals surface area contributed by atoms with Gasteiger partial charge in [0.05, 0.1) is 28.4 Å². The molecule has 0 spiro atoms. The summed E-state index contributed by atoms with van der Waals surface area (Å²) in [6.45, 7) is 2.10. The van der Waals surface area contributed by atoms with Crippen LogP contribution in [0.4, 0.5) is 5.69 Å². The van der Waals surface area contributed by atoms with Crippen molar-refractivity contribution in [2.45, 2.75) is 50.0 Å². The lowest BCUT2D eigenvalue weighted by Crippen LogP contribution is -2.32. The van der Waals surface area contributed by atoms with E-state index in [2.05, 4.69) is 23.2 Å². The number of hydrogen-bond acceptors (Lipinski definition) is 5. The van der Waals surface area contributed by atoms with Gasteiger partial charge >= 0.3 is 0 Å². The van der Waals surface area contributed by atoms with Gasteiger partial charge in [0.2, 0.25) is 10.0 Å². The first kappa shape index (κ1) is 26.4. The molecule has 1 heterocycles. The van der Waals surface area contributed by atoms with Crippen LogP contribution < -0.4 is 4.31 Å². The van der Waals surface area contributed by atoms with Crippen molar-refractivity contribution in [1.29, 1.82) is 0 Å². The van der Waals surface area contributed by atoms with Gasteiger partial charge in [-0.3, -0.25) is 9.29 Å². The topological polar surface area (TPSA) is 84.4 Å². The molecule has 1 fully saturated rings. The Bertz CT molecular complexity index is 1680. The van der Waals surface area contributed by atoms with Crippen LogP contribution in [0.25, 0.3) is 22.0 Å². The van der Waals surface area contributed by atoms with Crippen LogP contribution in [0.1, 0.15) is 49.7 Å². The summed E-state index contributed by atoms with van der Waals surface area (Å²) in [7, 11) is -7.02. The van der Waals surface area contributed by atoms with Gasteiger partial charge in [-0.15, -0.1) is 0 Å². The molecule has 5 rings (SSSR count). The van der Waals surface area contributed by atoms with Crippen LogP contribution >= 0.6 is 0 Å². The Balaban J connectivity index is 1.54. The Kier molecular flexibility index (Phi) is 7.29. The fourth-order valence-electron chi connectivity index (χ4n) is 4.74. The average Bonchev–Trinajstić information content (AvgIpc) is 3.75. The zero-order valence-electron chi connectivity index (χ0n) is 21.7. The first-order chi connectivity index (χ1) is 18.2. The summed E-state index contributed by atoms with van der Waals surface area (Å²) >= 11 is 0. The van der Waals surface area contributed by atoms with E-state index in [0.717, 1.165) is 40.3 Å². The molecule has 0 radical (unpaired) electrons. The van der Waals surface area contributed by atoms with Crippen LogP contribution in [0, 0.1) is 0 Å². The van der Waals surface area contributed by atoms with Crippen LogP contribution in [0.5, 0.6) is 0 Å². The summed E-state index contributed by atoms with van der Waals surface area (Å²) in [5.74, 6) is 0.616. The van der Waals surface area contributed by atoms with Crippen LogP contribution in [0.2, 0.25) is 0 Å². The summed E-state index contributed by atoms with van der Waals surface area (Å²) in [5.41, 5.74) is 5.58. The van der Waals surface area contributed by atoms with Gasteiger partial charge in [-0.2, -0.15) is 0 Å². The molecule has 3 aromatic carbocycles.